The van der Waals surface area contributed by atoms with Crippen molar-refractivity contribution in [3.05, 3.63) is 29.8 Å². The number of rotatable bonds is 5. The Morgan fingerprint density at radius 1 is 1.25 bits per heavy atom. The summed E-state index contributed by atoms with van der Waals surface area (Å²) in [5.41, 5.74) is 1.14. The van der Waals surface area contributed by atoms with Crippen molar-refractivity contribution in [2.75, 3.05) is 26.2 Å². The minimum Gasteiger partial charge on any atom is -0.493 e. The van der Waals surface area contributed by atoms with Gasteiger partial charge in [-0.1, -0.05) is 18.2 Å². The summed E-state index contributed by atoms with van der Waals surface area (Å²) in [6.45, 7) is 5.03. The van der Waals surface area contributed by atoms with Crippen molar-refractivity contribution < 1.29 is 14.3 Å². The maximum atomic E-state index is 12.3. The first-order valence-corrected chi connectivity index (χ1v) is 9.09. The van der Waals surface area contributed by atoms with Gasteiger partial charge in [0.1, 0.15) is 5.75 Å². The Kier molecular flexibility index (Phi) is 4.35. The lowest BCUT2D eigenvalue weighted by Crippen LogP contribution is -2.40. The van der Waals surface area contributed by atoms with Crippen LogP contribution in [0.15, 0.2) is 24.3 Å². The monoisotopic (exact) mass is 330 g/mol. The molecule has 4 rings (SSSR count). The zero-order valence-corrected chi connectivity index (χ0v) is 14.2. The van der Waals surface area contributed by atoms with Crippen molar-refractivity contribution >= 4 is 6.03 Å². The summed E-state index contributed by atoms with van der Waals surface area (Å²) >= 11 is 0. The van der Waals surface area contributed by atoms with Gasteiger partial charge in [0.05, 0.1) is 18.8 Å². The molecule has 1 N–H and O–H groups in total. The first kappa shape index (κ1) is 15.8. The second-order valence-corrected chi connectivity index (χ2v) is 7.22. The Labute approximate surface area is 143 Å². The van der Waals surface area contributed by atoms with Crippen LogP contribution >= 0.6 is 0 Å². The maximum Gasteiger partial charge on any atom is 0.317 e. The Bertz CT molecular complexity index is 588. The van der Waals surface area contributed by atoms with Crippen molar-refractivity contribution in [2.24, 2.45) is 11.8 Å². The predicted octanol–water partition coefficient (Wildman–Crippen LogP) is 2.58. The highest BCUT2D eigenvalue weighted by Crippen LogP contribution is 2.47. The maximum absolute atomic E-state index is 12.3. The van der Waals surface area contributed by atoms with Crippen molar-refractivity contribution in [1.29, 1.82) is 0 Å². The number of para-hydroxylation sites is 1. The fourth-order valence-corrected chi connectivity index (χ4v) is 4.41. The summed E-state index contributed by atoms with van der Waals surface area (Å²) < 4.78 is 11.7. The molecule has 0 spiro atoms. The fourth-order valence-electron chi connectivity index (χ4n) is 4.41. The van der Waals surface area contributed by atoms with Gasteiger partial charge in [0, 0.05) is 31.5 Å². The van der Waals surface area contributed by atoms with Gasteiger partial charge in [-0.3, -0.25) is 0 Å². The summed E-state index contributed by atoms with van der Waals surface area (Å²) in [6.07, 6.45) is 3.98. The van der Waals surface area contributed by atoms with Crippen LogP contribution in [0.25, 0.3) is 0 Å². The van der Waals surface area contributed by atoms with Crippen LogP contribution in [0.3, 0.4) is 0 Å². The van der Waals surface area contributed by atoms with Crippen molar-refractivity contribution in [3.8, 4) is 5.75 Å². The SMILES string of the molecule is Cc1ccccc1OCCCNC(=O)N1C[C@H]2[C@H](C1)[C@H]1CC[C@H]2O1. The van der Waals surface area contributed by atoms with Gasteiger partial charge in [-0.2, -0.15) is 0 Å². The first-order chi connectivity index (χ1) is 11.7. The van der Waals surface area contributed by atoms with E-state index in [1.807, 2.05) is 36.1 Å². The van der Waals surface area contributed by atoms with Crippen LogP contribution in [-0.4, -0.2) is 49.4 Å². The van der Waals surface area contributed by atoms with E-state index in [1.165, 1.54) is 12.8 Å². The number of amides is 2. The summed E-state index contributed by atoms with van der Waals surface area (Å²) in [5.74, 6) is 2.06. The lowest BCUT2D eigenvalue weighted by molar-refractivity contribution is 0.0739. The Morgan fingerprint density at radius 3 is 2.67 bits per heavy atom. The zero-order valence-electron chi connectivity index (χ0n) is 14.2. The second-order valence-electron chi connectivity index (χ2n) is 7.22. The van der Waals surface area contributed by atoms with Gasteiger partial charge in [-0.05, 0) is 37.8 Å². The minimum atomic E-state index is 0.0692. The van der Waals surface area contributed by atoms with E-state index in [2.05, 4.69) is 5.32 Å². The number of benzene rings is 1. The molecule has 3 fully saturated rings. The van der Waals surface area contributed by atoms with Crippen LogP contribution in [0.5, 0.6) is 5.75 Å². The normalized spacial score (nSPS) is 30.5. The van der Waals surface area contributed by atoms with Gasteiger partial charge in [-0.25, -0.2) is 4.79 Å². The van der Waals surface area contributed by atoms with Crippen molar-refractivity contribution in [1.82, 2.24) is 10.2 Å². The highest BCUT2D eigenvalue weighted by atomic mass is 16.5. The van der Waals surface area contributed by atoms with Gasteiger partial charge in [0.2, 0.25) is 0 Å². The van der Waals surface area contributed by atoms with Crippen LogP contribution in [0.4, 0.5) is 4.79 Å². The molecule has 3 aliphatic heterocycles. The van der Waals surface area contributed by atoms with E-state index in [0.29, 0.717) is 37.2 Å². The van der Waals surface area contributed by atoms with E-state index in [9.17, 15) is 4.79 Å². The second kappa shape index (κ2) is 6.63. The summed E-state index contributed by atoms with van der Waals surface area (Å²) in [5, 5.41) is 3.03. The first-order valence-electron chi connectivity index (χ1n) is 9.09. The molecule has 24 heavy (non-hydrogen) atoms. The lowest BCUT2D eigenvalue weighted by Gasteiger charge is -2.19. The zero-order chi connectivity index (χ0) is 16.5. The molecule has 2 bridgehead atoms. The fraction of sp³-hybridized carbons (Fsp3) is 0.632. The van der Waals surface area contributed by atoms with Gasteiger partial charge in [0.15, 0.2) is 0 Å². The predicted molar refractivity (Wildman–Crippen MR) is 91.1 cm³/mol. The standard InChI is InChI=1S/C19H26N2O3/c1-13-5-2-3-6-16(13)23-10-4-9-20-19(22)21-11-14-15(12-21)18-8-7-17(14)24-18/h2-3,5-6,14-15,17-18H,4,7-12H2,1H3,(H,20,22)/t14-,15-,17+,18+/m0/s1. The van der Waals surface area contributed by atoms with Crippen LogP contribution in [0.2, 0.25) is 0 Å². The van der Waals surface area contributed by atoms with E-state index in [1.54, 1.807) is 0 Å². The molecule has 1 aromatic carbocycles. The highest BCUT2D eigenvalue weighted by Gasteiger charge is 2.53. The Balaban J connectivity index is 1.16. The molecule has 0 aliphatic carbocycles. The minimum absolute atomic E-state index is 0.0692. The van der Waals surface area contributed by atoms with Crippen LogP contribution in [-0.2, 0) is 4.74 Å². The number of hydrogen-bond acceptors (Lipinski definition) is 3. The number of hydrogen-bond donors (Lipinski definition) is 1. The van der Waals surface area contributed by atoms with Gasteiger partial charge in [0.25, 0.3) is 0 Å². The number of nitrogens with zero attached hydrogens (tertiary/aromatic N) is 1. The third-order valence-electron chi connectivity index (χ3n) is 5.69. The van der Waals surface area contributed by atoms with Gasteiger partial charge < -0.3 is 19.7 Å². The topological polar surface area (TPSA) is 50.8 Å². The lowest BCUT2D eigenvalue weighted by atomic mass is 9.82. The number of fused-ring (bicyclic) bond motifs is 5. The summed E-state index contributed by atoms with van der Waals surface area (Å²) in [7, 11) is 0. The molecule has 3 heterocycles. The average Bonchev–Trinajstić information content (AvgIpc) is 3.28. The molecule has 1 aromatic rings. The molecule has 3 saturated heterocycles. The molecule has 5 heteroatoms. The number of carbonyl (C=O) groups is 1. The number of likely N-dealkylation sites (tertiary alicyclic amines) is 1. The van der Waals surface area contributed by atoms with E-state index in [0.717, 1.165) is 30.8 Å². The van der Waals surface area contributed by atoms with Crippen molar-refractivity contribution in [3.63, 3.8) is 0 Å². The van der Waals surface area contributed by atoms with Gasteiger partial charge >= 0.3 is 6.03 Å². The molecule has 130 valence electrons. The smallest absolute Gasteiger partial charge is 0.317 e. The van der Waals surface area contributed by atoms with Crippen molar-refractivity contribution in [2.45, 2.75) is 38.4 Å². The van der Waals surface area contributed by atoms with Crippen LogP contribution in [0.1, 0.15) is 24.8 Å². The number of urea groups is 1. The van der Waals surface area contributed by atoms with E-state index in [4.69, 9.17) is 9.47 Å². The quantitative estimate of drug-likeness (QED) is 0.844. The molecular formula is C19H26N2O3. The number of carbonyl (C=O) groups excluding carboxylic acids is 1. The van der Waals surface area contributed by atoms with E-state index < -0.39 is 0 Å². The number of ether oxygens (including phenoxy) is 2. The molecular weight excluding hydrogens is 304 g/mol. The average molecular weight is 330 g/mol. The molecule has 2 amide bonds. The third-order valence-corrected chi connectivity index (χ3v) is 5.69. The molecule has 3 aliphatic rings. The molecule has 0 unspecified atom stereocenters. The van der Waals surface area contributed by atoms with Gasteiger partial charge in [-0.15, -0.1) is 0 Å². The number of nitrogens with one attached hydrogen (secondary N) is 1. The number of aryl methyl sites for hydroxylation is 1. The van der Waals surface area contributed by atoms with Crippen LogP contribution in [0, 0.1) is 18.8 Å². The van der Waals surface area contributed by atoms with E-state index >= 15 is 0 Å². The molecule has 4 atom stereocenters. The summed E-state index contributed by atoms with van der Waals surface area (Å²) in [4.78, 5) is 14.3. The summed E-state index contributed by atoms with van der Waals surface area (Å²) in [6, 6.07) is 8.07. The van der Waals surface area contributed by atoms with E-state index in [-0.39, 0.29) is 6.03 Å². The highest BCUT2D eigenvalue weighted by molar-refractivity contribution is 5.74. The molecule has 0 aromatic heterocycles. The van der Waals surface area contributed by atoms with Crippen LogP contribution < -0.4 is 10.1 Å². The largest absolute Gasteiger partial charge is 0.493 e. The Hall–Kier alpha value is -1.75. The third kappa shape index (κ3) is 2.97. The Morgan fingerprint density at radius 2 is 1.96 bits per heavy atom. The molecule has 0 saturated carbocycles. The molecule has 0 radical (unpaired) electrons. The molecule has 5 nitrogen and oxygen atoms in total.